The molecule has 0 aromatic heterocycles. The molecule has 3 aliphatic rings. The number of methoxy groups -OCH3 is 1. The molecule has 172 valence electrons. The summed E-state index contributed by atoms with van der Waals surface area (Å²) < 4.78 is 5.32. The summed E-state index contributed by atoms with van der Waals surface area (Å²) in [6.45, 7) is 3.59. The minimum Gasteiger partial charge on any atom is -0.496 e. The van der Waals surface area contributed by atoms with Gasteiger partial charge in [-0.05, 0) is 37.8 Å². The lowest BCUT2D eigenvalue weighted by Crippen LogP contribution is -2.57. The minimum absolute atomic E-state index is 0.0613. The summed E-state index contributed by atoms with van der Waals surface area (Å²) in [5.41, 5.74) is -0.478. The fourth-order valence-electron chi connectivity index (χ4n) is 5.01. The highest BCUT2D eigenvalue weighted by molar-refractivity contribution is 6.07. The molecule has 9 heteroatoms. The SMILES string of the molecule is CCC(=O)N1CCC2(CC1)NC(=O)N(C1CCCN(C(=O)c3ccccc3OC)C1)C2=O. The molecule has 0 saturated carbocycles. The van der Waals surface area contributed by atoms with Crippen molar-refractivity contribution in [3.05, 3.63) is 29.8 Å². The van der Waals surface area contributed by atoms with Gasteiger partial charge in [0.15, 0.2) is 0 Å². The molecule has 1 atom stereocenters. The van der Waals surface area contributed by atoms with E-state index in [1.807, 2.05) is 6.92 Å². The van der Waals surface area contributed by atoms with E-state index in [9.17, 15) is 19.2 Å². The average molecular weight is 443 g/mol. The standard InChI is InChI=1S/C23H30N4O5/c1-3-19(28)25-13-10-23(11-14-25)21(30)27(22(31)24-23)16-7-6-12-26(15-16)20(29)17-8-4-5-9-18(17)32-2/h4-5,8-9,16H,3,6-7,10-15H2,1-2H3,(H,24,31). The lowest BCUT2D eigenvalue weighted by molar-refractivity contribution is -0.139. The van der Waals surface area contributed by atoms with Crippen molar-refractivity contribution < 1.29 is 23.9 Å². The molecule has 1 spiro atoms. The Morgan fingerprint density at radius 3 is 2.53 bits per heavy atom. The van der Waals surface area contributed by atoms with Gasteiger partial charge in [-0.3, -0.25) is 19.3 Å². The Bertz CT molecular complexity index is 925. The van der Waals surface area contributed by atoms with Gasteiger partial charge < -0.3 is 19.9 Å². The molecule has 9 nitrogen and oxygen atoms in total. The second-order valence-corrected chi connectivity index (χ2v) is 8.67. The zero-order valence-electron chi connectivity index (χ0n) is 18.6. The van der Waals surface area contributed by atoms with Gasteiger partial charge in [-0.25, -0.2) is 4.79 Å². The van der Waals surface area contributed by atoms with Crippen LogP contribution >= 0.6 is 0 Å². The fraction of sp³-hybridized carbons (Fsp3) is 0.565. The summed E-state index contributed by atoms with van der Waals surface area (Å²) in [5, 5.41) is 2.91. The fourth-order valence-corrected chi connectivity index (χ4v) is 5.01. The van der Waals surface area contributed by atoms with Crippen LogP contribution in [-0.2, 0) is 9.59 Å². The van der Waals surface area contributed by atoms with Gasteiger partial charge >= 0.3 is 6.03 Å². The molecule has 1 aromatic carbocycles. The van der Waals surface area contributed by atoms with Crippen LogP contribution in [0.25, 0.3) is 0 Å². The number of rotatable bonds is 4. The minimum atomic E-state index is -0.948. The molecule has 0 bridgehead atoms. The van der Waals surface area contributed by atoms with Crippen LogP contribution in [0.3, 0.4) is 0 Å². The van der Waals surface area contributed by atoms with Gasteiger partial charge in [0, 0.05) is 32.6 Å². The van der Waals surface area contributed by atoms with Gasteiger partial charge in [0.1, 0.15) is 11.3 Å². The zero-order valence-corrected chi connectivity index (χ0v) is 18.6. The van der Waals surface area contributed by atoms with Gasteiger partial charge in [-0.1, -0.05) is 19.1 Å². The van der Waals surface area contributed by atoms with Crippen LogP contribution < -0.4 is 10.1 Å². The Hall–Kier alpha value is -3.10. The molecule has 5 amide bonds. The van der Waals surface area contributed by atoms with Crippen LogP contribution in [-0.4, -0.2) is 83.3 Å². The van der Waals surface area contributed by atoms with E-state index in [0.717, 1.165) is 0 Å². The van der Waals surface area contributed by atoms with E-state index in [2.05, 4.69) is 5.32 Å². The highest BCUT2D eigenvalue weighted by Gasteiger charge is 2.54. The summed E-state index contributed by atoms with van der Waals surface area (Å²) in [7, 11) is 1.52. The Balaban J connectivity index is 1.47. The monoisotopic (exact) mass is 442 g/mol. The van der Waals surface area contributed by atoms with Crippen molar-refractivity contribution in [2.45, 2.75) is 50.6 Å². The number of carbonyl (C=O) groups excluding carboxylic acids is 4. The molecule has 0 radical (unpaired) electrons. The van der Waals surface area contributed by atoms with Crippen molar-refractivity contribution in [3.63, 3.8) is 0 Å². The van der Waals surface area contributed by atoms with Gasteiger partial charge in [-0.2, -0.15) is 0 Å². The number of hydrogen-bond acceptors (Lipinski definition) is 5. The third kappa shape index (κ3) is 3.80. The number of nitrogens with zero attached hydrogens (tertiary/aromatic N) is 3. The van der Waals surface area contributed by atoms with E-state index in [4.69, 9.17) is 4.74 Å². The Morgan fingerprint density at radius 2 is 1.84 bits per heavy atom. The smallest absolute Gasteiger partial charge is 0.325 e. The maximum Gasteiger partial charge on any atom is 0.325 e. The van der Waals surface area contributed by atoms with Crippen molar-refractivity contribution in [3.8, 4) is 5.75 Å². The largest absolute Gasteiger partial charge is 0.496 e. The van der Waals surface area contributed by atoms with Crippen molar-refractivity contribution in [2.24, 2.45) is 0 Å². The molecule has 3 saturated heterocycles. The normalized spacial score (nSPS) is 22.8. The molecule has 3 aliphatic heterocycles. The number of benzene rings is 1. The Labute approximate surface area is 187 Å². The van der Waals surface area contributed by atoms with Crippen LogP contribution in [0.1, 0.15) is 49.4 Å². The van der Waals surface area contributed by atoms with Crippen molar-refractivity contribution >= 4 is 23.8 Å². The first kappa shape index (κ1) is 22.1. The number of ether oxygens (including phenoxy) is 1. The molecule has 32 heavy (non-hydrogen) atoms. The Morgan fingerprint density at radius 1 is 1.12 bits per heavy atom. The molecule has 1 unspecified atom stereocenters. The van der Waals surface area contributed by atoms with Crippen molar-refractivity contribution in [1.82, 2.24) is 20.0 Å². The molecule has 3 heterocycles. The predicted molar refractivity (Wildman–Crippen MR) is 116 cm³/mol. The summed E-state index contributed by atoms with van der Waals surface area (Å²) in [4.78, 5) is 56.1. The van der Waals surface area contributed by atoms with Gasteiger partial charge in [0.2, 0.25) is 5.91 Å². The highest BCUT2D eigenvalue weighted by atomic mass is 16.5. The number of likely N-dealkylation sites (tertiary alicyclic amines) is 2. The summed E-state index contributed by atoms with van der Waals surface area (Å²) in [5.74, 6) is 0.163. The summed E-state index contributed by atoms with van der Waals surface area (Å²) in [6.07, 6.45) is 2.62. The number of carbonyl (C=O) groups is 4. The van der Waals surface area contributed by atoms with Gasteiger partial charge in [0.25, 0.3) is 11.8 Å². The molecular weight excluding hydrogens is 412 g/mol. The topological polar surface area (TPSA) is 99.3 Å². The lowest BCUT2D eigenvalue weighted by Gasteiger charge is -2.39. The quantitative estimate of drug-likeness (QED) is 0.715. The number of hydrogen-bond donors (Lipinski definition) is 1. The average Bonchev–Trinajstić information content (AvgIpc) is 3.07. The van der Waals surface area contributed by atoms with Crippen molar-refractivity contribution in [2.75, 3.05) is 33.3 Å². The number of imide groups is 1. The number of urea groups is 1. The van der Waals surface area contributed by atoms with Crippen LogP contribution in [0, 0.1) is 0 Å². The first-order chi connectivity index (χ1) is 15.4. The predicted octanol–water partition coefficient (Wildman–Crippen LogP) is 1.62. The highest BCUT2D eigenvalue weighted by Crippen LogP contribution is 2.33. The molecular formula is C23H30N4O5. The summed E-state index contributed by atoms with van der Waals surface area (Å²) >= 11 is 0. The summed E-state index contributed by atoms with van der Waals surface area (Å²) in [6, 6.07) is 6.28. The van der Waals surface area contributed by atoms with E-state index < -0.39 is 11.6 Å². The second kappa shape index (κ2) is 8.80. The first-order valence-corrected chi connectivity index (χ1v) is 11.3. The maximum atomic E-state index is 13.4. The van der Waals surface area contributed by atoms with Crippen LogP contribution in [0.2, 0.25) is 0 Å². The second-order valence-electron chi connectivity index (χ2n) is 8.67. The number of para-hydroxylation sites is 1. The Kier molecular flexibility index (Phi) is 6.08. The maximum absolute atomic E-state index is 13.4. The lowest BCUT2D eigenvalue weighted by atomic mass is 9.87. The van der Waals surface area contributed by atoms with Crippen LogP contribution in [0.5, 0.6) is 5.75 Å². The number of nitrogens with one attached hydrogen (secondary N) is 1. The van der Waals surface area contributed by atoms with E-state index in [-0.39, 0.29) is 23.8 Å². The molecule has 3 fully saturated rings. The molecule has 4 rings (SSSR count). The van der Waals surface area contributed by atoms with Crippen molar-refractivity contribution in [1.29, 1.82) is 0 Å². The van der Waals surface area contributed by atoms with E-state index >= 15 is 0 Å². The van der Waals surface area contributed by atoms with E-state index in [0.29, 0.717) is 69.6 Å². The third-order valence-electron chi connectivity index (χ3n) is 6.85. The van der Waals surface area contributed by atoms with Gasteiger partial charge in [0.05, 0.1) is 18.7 Å². The third-order valence-corrected chi connectivity index (χ3v) is 6.85. The molecule has 0 aliphatic carbocycles. The molecule has 1 N–H and O–H groups in total. The van der Waals surface area contributed by atoms with Crippen LogP contribution in [0.15, 0.2) is 24.3 Å². The van der Waals surface area contributed by atoms with E-state index in [1.54, 1.807) is 34.1 Å². The first-order valence-electron chi connectivity index (χ1n) is 11.3. The van der Waals surface area contributed by atoms with Crippen LogP contribution in [0.4, 0.5) is 4.79 Å². The van der Waals surface area contributed by atoms with Gasteiger partial charge in [-0.15, -0.1) is 0 Å². The van der Waals surface area contributed by atoms with E-state index in [1.165, 1.54) is 12.0 Å². The number of amides is 5. The zero-order chi connectivity index (χ0) is 22.9. The molecule has 1 aromatic rings. The number of piperidine rings is 2.